The van der Waals surface area contributed by atoms with Crippen molar-refractivity contribution in [2.45, 2.75) is 124 Å². The number of ether oxygens (including phenoxy) is 1. The maximum atomic E-state index is 11.7. The van der Waals surface area contributed by atoms with Gasteiger partial charge >= 0.3 is 35.5 Å². The average Bonchev–Trinajstić information content (AvgIpc) is 3.10. The van der Waals surface area contributed by atoms with Crippen molar-refractivity contribution in [3.8, 4) is 0 Å². The Morgan fingerprint density at radius 3 is 2.27 bits per heavy atom. The van der Waals surface area contributed by atoms with Crippen LogP contribution in [-0.4, -0.2) is 31.1 Å². The molecule has 0 saturated heterocycles. The van der Waals surface area contributed by atoms with Crippen molar-refractivity contribution in [2.75, 3.05) is 0 Å². The summed E-state index contributed by atoms with van der Waals surface area (Å²) in [6.07, 6.45) is 10.8. The predicted octanol–water partition coefficient (Wildman–Crippen LogP) is 3.50. The molecule has 4 saturated carbocycles. The van der Waals surface area contributed by atoms with Gasteiger partial charge in [0.1, 0.15) is 12.2 Å². The molecule has 0 radical (unpaired) electrons. The van der Waals surface area contributed by atoms with Crippen LogP contribution in [0.4, 0.5) is 0 Å². The summed E-state index contributed by atoms with van der Waals surface area (Å²) < 4.78 is 45.2. The molecule has 0 heterocycles. The SMILES string of the molecule is CC(=O)O[C@H]1C[C@@H]2CC[C@@H]3[C@H](CC[C@]4(C)[C@@H]([C@H](C)CCCC(C)C)CC[C@@H]34)[C@@]2(C)C[C@@H]1OS(=O)(=O)[O-].[Na+]. The Kier molecular flexibility index (Phi) is 10.4. The molecule has 10 atom stereocenters. The van der Waals surface area contributed by atoms with Gasteiger partial charge in [0, 0.05) is 6.92 Å². The van der Waals surface area contributed by atoms with E-state index in [4.69, 9.17) is 8.92 Å². The smallest absolute Gasteiger partial charge is 0.726 e. The maximum Gasteiger partial charge on any atom is 1.00 e. The van der Waals surface area contributed by atoms with E-state index in [1.807, 2.05) is 0 Å². The average molecular weight is 549 g/mol. The van der Waals surface area contributed by atoms with E-state index < -0.39 is 28.6 Å². The molecule has 8 heteroatoms. The van der Waals surface area contributed by atoms with Crippen LogP contribution in [-0.2, 0) is 24.1 Å². The van der Waals surface area contributed by atoms with Crippen LogP contribution in [0.5, 0.6) is 0 Å². The fourth-order valence-corrected chi connectivity index (χ4v) is 10.3. The Morgan fingerprint density at radius 2 is 1.65 bits per heavy atom. The second kappa shape index (κ2) is 12.1. The van der Waals surface area contributed by atoms with Crippen LogP contribution in [0.2, 0.25) is 0 Å². The molecular weight excluding hydrogens is 499 g/mol. The number of carbonyl (C=O) groups excluding carboxylic acids is 1. The Morgan fingerprint density at radius 1 is 0.973 bits per heavy atom. The van der Waals surface area contributed by atoms with Crippen LogP contribution < -0.4 is 29.6 Å². The van der Waals surface area contributed by atoms with Crippen molar-refractivity contribution in [1.82, 2.24) is 0 Å². The van der Waals surface area contributed by atoms with E-state index >= 15 is 0 Å². The Hall–Kier alpha value is 0.340. The minimum Gasteiger partial charge on any atom is -0.726 e. The van der Waals surface area contributed by atoms with Crippen molar-refractivity contribution in [3.63, 3.8) is 0 Å². The first kappa shape index (κ1) is 31.9. The molecule has 37 heavy (non-hydrogen) atoms. The summed E-state index contributed by atoms with van der Waals surface area (Å²) in [5.74, 6) is 4.10. The van der Waals surface area contributed by atoms with E-state index in [1.54, 1.807) is 0 Å². The molecule has 6 nitrogen and oxygen atoms in total. The van der Waals surface area contributed by atoms with Crippen LogP contribution in [0.15, 0.2) is 0 Å². The summed E-state index contributed by atoms with van der Waals surface area (Å²) in [4.78, 5) is 11.7. The van der Waals surface area contributed by atoms with Gasteiger partial charge < -0.3 is 9.29 Å². The van der Waals surface area contributed by atoms with Gasteiger partial charge in [-0.25, -0.2) is 8.42 Å². The Balaban J connectivity index is 0.00000380. The fraction of sp³-hybridized carbons (Fsp3) is 0.966. The third-order valence-corrected chi connectivity index (χ3v) is 11.9. The molecule has 4 rings (SSSR count). The second-order valence-corrected chi connectivity index (χ2v) is 14.8. The minimum absolute atomic E-state index is 0. The van der Waals surface area contributed by atoms with Gasteiger partial charge in [0.25, 0.3) is 0 Å². The van der Waals surface area contributed by atoms with Gasteiger partial charge in [0.2, 0.25) is 10.4 Å². The number of fused-ring (bicyclic) bond motifs is 5. The number of carbonyl (C=O) groups is 1. The second-order valence-electron chi connectivity index (χ2n) is 13.8. The molecule has 0 bridgehead atoms. The standard InChI is InChI=1S/C29H50O6S.Na/c1-18(2)8-7-9-19(3)23-12-13-24-22-11-10-21-16-26(34-20(4)30)27(35-36(31,32)33)17-29(21,6)25(22)14-15-28(23,24)5;/h18-19,21-27H,7-17H2,1-6H3,(H,31,32,33);/q;+1/p-1/t19-,21+,22+,23-,24+,25+,26+,27+,28-,29+;/m1./s1. The Bertz CT molecular complexity index is 908. The van der Waals surface area contributed by atoms with Crippen molar-refractivity contribution in [1.29, 1.82) is 0 Å². The monoisotopic (exact) mass is 548 g/mol. The first-order valence-corrected chi connectivity index (χ1v) is 15.9. The van der Waals surface area contributed by atoms with Crippen LogP contribution in [0.25, 0.3) is 0 Å². The topological polar surface area (TPSA) is 92.7 Å². The van der Waals surface area contributed by atoms with E-state index in [2.05, 4.69) is 34.6 Å². The van der Waals surface area contributed by atoms with Gasteiger partial charge in [-0.1, -0.05) is 53.9 Å². The Labute approximate surface area is 248 Å². The molecule has 0 unspecified atom stereocenters. The fourth-order valence-electron chi connectivity index (χ4n) is 9.85. The summed E-state index contributed by atoms with van der Waals surface area (Å²) in [5.41, 5.74) is 0.294. The zero-order valence-corrected chi connectivity index (χ0v) is 27.1. The predicted molar refractivity (Wildman–Crippen MR) is 139 cm³/mol. The van der Waals surface area contributed by atoms with Gasteiger partial charge in [0.15, 0.2) is 0 Å². The molecule has 208 valence electrons. The molecule has 0 aromatic rings. The zero-order chi connectivity index (χ0) is 26.5. The summed E-state index contributed by atoms with van der Waals surface area (Å²) in [5, 5.41) is 0. The molecule has 4 aliphatic carbocycles. The first-order valence-electron chi connectivity index (χ1n) is 14.6. The van der Waals surface area contributed by atoms with Gasteiger partial charge in [0.05, 0.1) is 0 Å². The van der Waals surface area contributed by atoms with E-state index in [-0.39, 0.29) is 35.0 Å². The normalized spacial score (nSPS) is 42.2. The van der Waals surface area contributed by atoms with Crippen LogP contribution in [0.3, 0.4) is 0 Å². The van der Waals surface area contributed by atoms with Gasteiger partial charge in [-0.15, -0.1) is 0 Å². The zero-order valence-electron chi connectivity index (χ0n) is 24.3. The summed E-state index contributed by atoms with van der Waals surface area (Å²) in [7, 11) is -4.88. The van der Waals surface area contributed by atoms with Gasteiger partial charge in [-0.05, 0) is 104 Å². The number of hydrogen-bond donors (Lipinski definition) is 0. The summed E-state index contributed by atoms with van der Waals surface area (Å²) in [6.45, 7) is 13.3. The number of rotatable bonds is 8. The largest absolute Gasteiger partial charge is 1.00 e. The van der Waals surface area contributed by atoms with Crippen molar-refractivity contribution in [2.24, 2.45) is 52.3 Å². The summed E-state index contributed by atoms with van der Waals surface area (Å²) in [6, 6.07) is 0. The van der Waals surface area contributed by atoms with E-state index in [1.165, 1.54) is 51.9 Å². The quantitative estimate of drug-likeness (QED) is 0.200. The minimum atomic E-state index is -4.88. The number of esters is 1. The van der Waals surface area contributed by atoms with Crippen molar-refractivity contribution >= 4 is 16.4 Å². The van der Waals surface area contributed by atoms with Crippen molar-refractivity contribution in [3.05, 3.63) is 0 Å². The van der Waals surface area contributed by atoms with Crippen molar-refractivity contribution < 1.29 is 56.2 Å². The number of hydrogen-bond acceptors (Lipinski definition) is 6. The third-order valence-electron chi connectivity index (χ3n) is 11.4. The van der Waals surface area contributed by atoms with Crippen LogP contribution in [0.1, 0.15) is 112 Å². The van der Waals surface area contributed by atoms with E-state index in [0.717, 1.165) is 36.5 Å². The summed E-state index contributed by atoms with van der Waals surface area (Å²) >= 11 is 0. The van der Waals surface area contributed by atoms with E-state index in [9.17, 15) is 17.8 Å². The maximum absolute atomic E-state index is 11.7. The molecule has 0 aliphatic heterocycles. The van der Waals surface area contributed by atoms with Gasteiger partial charge in [-0.2, -0.15) is 0 Å². The molecule has 0 aromatic carbocycles. The van der Waals surface area contributed by atoms with E-state index in [0.29, 0.717) is 36.0 Å². The van der Waals surface area contributed by atoms with Crippen LogP contribution >= 0.6 is 0 Å². The molecule has 0 amide bonds. The molecule has 0 spiro atoms. The molecular formula is C29H49NaO6S. The molecule has 4 fully saturated rings. The molecule has 0 aromatic heterocycles. The third kappa shape index (κ3) is 6.64. The molecule has 4 aliphatic rings. The van der Waals surface area contributed by atoms with Crippen LogP contribution in [0, 0.1) is 52.3 Å². The first-order chi connectivity index (χ1) is 16.7. The molecule has 0 N–H and O–H groups in total. The van der Waals surface area contributed by atoms with Gasteiger partial charge in [-0.3, -0.25) is 8.98 Å².